The number of aliphatic hydroxyl groups excluding tert-OH is 1. The second-order valence-corrected chi connectivity index (χ2v) is 6.35. The molecule has 0 unspecified atom stereocenters. The quantitative estimate of drug-likeness (QED) is 0.463. The topological polar surface area (TPSA) is 20.2 Å². The molecule has 0 radical (unpaired) electrons. The number of halogens is 2. The molecule has 138 valence electrons. The molecule has 0 fully saturated rings. The summed E-state index contributed by atoms with van der Waals surface area (Å²) >= 11 is 0. The Morgan fingerprint density at radius 3 is 2.26 bits per heavy atom. The first-order valence-electron chi connectivity index (χ1n) is 8.36. The van der Waals surface area contributed by atoms with E-state index in [4.69, 9.17) is 0 Å². The summed E-state index contributed by atoms with van der Waals surface area (Å²) < 4.78 is 0. The van der Waals surface area contributed by atoms with E-state index in [9.17, 15) is 5.11 Å². The molecule has 0 amide bonds. The van der Waals surface area contributed by atoms with Crippen LogP contribution in [0.4, 0.5) is 0 Å². The standard InChI is InChI=1S/C23H20O.2ClH.Ti/c1-16-10-11-18(14-16)22-13-12-17-6-2-4-8-20(17)23(22)21-9-5-3-7-19(21)15-24;;;/h2-10,12-14,24H,11,15H2,1H3;2*1H;. The molecule has 0 heterocycles. The van der Waals surface area contributed by atoms with Gasteiger partial charge in [-0.2, -0.15) is 0 Å². The number of benzene rings is 3. The fourth-order valence-electron chi connectivity index (χ4n) is 3.58. The van der Waals surface area contributed by atoms with Gasteiger partial charge in [0.05, 0.1) is 6.61 Å². The van der Waals surface area contributed by atoms with Crippen molar-refractivity contribution in [3.05, 3.63) is 89.5 Å². The minimum Gasteiger partial charge on any atom is -0.392 e. The second kappa shape index (κ2) is 10.3. The Bertz CT molecular complexity index is 993. The van der Waals surface area contributed by atoms with Gasteiger partial charge in [-0.05, 0) is 51.9 Å². The van der Waals surface area contributed by atoms with Crippen LogP contribution < -0.4 is 0 Å². The van der Waals surface area contributed by atoms with Crippen molar-refractivity contribution in [1.29, 1.82) is 0 Å². The van der Waals surface area contributed by atoms with Gasteiger partial charge in [0.15, 0.2) is 0 Å². The molecule has 0 atom stereocenters. The van der Waals surface area contributed by atoms with Crippen LogP contribution >= 0.6 is 24.8 Å². The molecule has 0 saturated heterocycles. The van der Waals surface area contributed by atoms with Crippen LogP contribution in [0.15, 0.2) is 78.4 Å². The fourth-order valence-corrected chi connectivity index (χ4v) is 3.58. The monoisotopic (exact) mass is 432 g/mol. The van der Waals surface area contributed by atoms with Gasteiger partial charge in [-0.25, -0.2) is 0 Å². The van der Waals surface area contributed by atoms with Gasteiger partial charge in [-0.3, -0.25) is 0 Å². The molecular weight excluding hydrogens is 411 g/mol. The third-order valence-electron chi connectivity index (χ3n) is 4.78. The molecule has 0 aliphatic heterocycles. The van der Waals surface area contributed by atoms with Gasteiger partial charge in [0, 0.05) is 21.7 Å². The summed E-state index contributed by atoms with van der Waals surface area (Å²) in [5.41, 5.74) is 7.26. The number of allylic oxidation sites excluding steroid dienone is 4. The smallest absolute Gasteiger partial charge is 0.0687 e. The Hall–Kier alpha value is -1.35. The summed E-state index contributed by atoms with van der Waals surface area (Å²) in [5, 5.41) is 12.3. The molecule has 1 nitrogen and oxygen atoms in total. The van der Waals surface area contributed by atoms with E-state index in [0.29, 0.717) is 0 Å². The van der Waals surface area contributed by atoms with Crippen molar-refractivity contribution in [2.45, 2.75) is 20.0 Å². The van der Waals surface area contributed by atoms with Gasteiger partial charge in [-0.15, -0.1) is 24.8 Å². The second-order valence-electron chi connectivity index (χ2n) is 6.35. The van der Waals surface area contributed by atoms with Gasteiger partial charge in [0.25, 0.3) is 0 Å². The van der Waals surface area contributed by atoms with E-state index >= 15 is 0 Å². The van der Waals surface area contributed by atoms with E-state index in [-0.39, 0.29) is 53.1 Å². The Kier molecular flexibility index (Phi) is 9.01. The minimum atomic E-state index is 0. The summed E-state index contributed by atoms with van der Waals surface area (Å²) in [5.74, 6) is 0. The third kappa shape index (κ3) is 4.56. The average Bonchev–Trinajstić information content (AvgIpc) is 3.07. The molecular formula is C23H22Cl2OTi. The molecule has 4 heteroatoms. The van der Waals surface area contributed by atoms with Crippen LogP contribution in [-0.4, -0.2) is 5.11 Å². The van der Waals surface area contributed by atoms with Crippen molar-refractivity contribution in [2.24, 2.45) is 0 Å². The predicted molar refractivity (Wildman–Crippen MR) is 116 cm³/mol. The van der Waals surface area contributed by atoms with E-state index in [0.717, 1.165) is 17.5 Å². The summed E-state index contributed by atoms with van der Waals surface area (Å²) in [7, 11) is 0. The van der Waals surface area contributed by atoms with Crippen molar-refractivity contribution < 1.29 is 26.8 Å². The zero-order valence-corrected chi connectivity index (χ0v) is 18.3. The number of fused-ring (bicyclic) bond motifs is 1. The van der Waals surface area contributed by atoms with Crippen molar-refractivity contribution in [1.82, 2.24) is 0 Å². The van der Waals surface area contributed by atoms with Crippen molar-refractivity contribution >= 4 is 41.2 Å². The molecule has 3 aromatic rings. The van der Waals surface area contributed by atoms with Crippen LogP contribution in [0, 0.1) is 0 Å². The Labute approximate surface area is 187 Å². The molecule has 1 aliphatic carbocycles. The molecule has 4 rings (SSSR count). The normalized spacial score (nSPS) is 12.4. The zero-order valence-electron chi connectivity index (χ0n) is 15.1. The maximum Gasteiger partial charge on any atom is 0.0687 e. The van der Waals surface area contributed by atoms with Crippen LogP contribution in [0.2, 0.25) is 0 Å². The molecule has 1 aliphatic rings. The van der Waals surface area contributed by atoms with E-state index < -0.39 is 0 Å². The van der Waals surface area contributed by atoms with Crippen LogP contribution in [-0.2, 0) is 28.3 Å². The van der Waals surface area contributed by atoms with Crippen LogP contribution in [0.5, 0.6) is 0 Å². The van der Waals surface area contributed by atoms with Gasteiger partial charge in [0.1, 0.15) is 0 Å². The fraction of sp³-hybridized carbons (Fsp3) is 0.130. The Morgan fingerprint density at radius 2 is 1.56 bits per heavy atom. The van der Waals surface area contributed by atoms with Crippen molar-refractivity contribution in [3.8, 4) is 11.1 Å². The molecule has 0 aromatic heterocycles. The largest absolute Gasteiger partial charge is 0.392 e. The number of rotatable bonds is 3. The van der Waals surface area contributed by atoms with E-state index in [1.165, 1.54) is 33.0 Å². The first-order chi connectivity index (χ1) is 11.8. The van der Waals surface area contributed by atoms with E-state index in [1.807, 2.05) is 18.2 Å². The third-order valence-corrected chi connectivity index (χ3v) is 4.78. The number of aliphatic hydroxyl groups is 1. The molecule has 27 heavy (non-hydrogen) atoms. The molecule has 3 aromatic carbocycles. The van der Waals surface area contributed by atoms with Crippen LogP contribution in [0.25, 0.3) is 27.5 Å². The molecule has 0 spiro atoms. The molecule has 1 N–H and O–H groups in total. The summed E-state index contributed by atoms with van der Waals surface area (Å²) in [6.07, 6.45) is 5.51. The first kappa shape index (κ1) is 23.7. The van der Waals surface area contributed by atoms with Gasteiger partial charge in [-0.1, -0.05) is 78.4 Å². The SMILES string of the molecule is CC1=CCC(c2ccc3ccccc3c2-c2ccccc2CO)=C1.Cl.Cl.[Ti]. The number of hydrogen-bond acceptors (Lipinski definition) is 1. The van der Waals surface area contributed by atoms with Gasteiger partial charge >= 0.3 is 0 Å². The van der Waals surface area contributed by atoms with Crippen molar-refractivity contribution in [2.75, 3.05) is 0 Å². The minimum absolute atomic E-state index is 0. The van der Waals surface area contributed by atoms with Gasteiger partial charge < -0.3 is 5.11 Å². The van der Waals surface area contributed by atoms with Crippen LogP contribution in [0.3, 0.4) is 0 Å². The summed E-state index contributed by atoms with van der Waals surface area (Å²) in [6, 6.07) is 21.1. The van der Waals surface area contributed by atoms with Crippen LogP contribution in [0.1, 0.15) is 24.5 Å². The maximum absolute atomic E-state index is 9.83. The van der Waals surface area contributed by atoms with Gasteiger partial charge in [0.2, 0.25) is 0 Å². The number of hydrogen-bond donors (Lipinski definition) is 1. The Morgan fingerprint density at radius 1 is 0.852 bits per heavy atom. The van der Waals surface area contributed by atoms with E-state index in [2.05, 4.69) is 61.5 Å². The Balaban J connectivity index is 0.00000121. The van der Waals surface area contributed by atoms with E-state index in [1.54, 1.807) is 0 Å². The van der Waals surface area contributed by atoms with Crippen molar-refractivity contribution in [3.63, 3.8) is 0 Å². The first-order valence-corrected chi connectivity index (χ1v) is 8.36. The predicted octanol–water partition coefficient (Wildman–Crippen LogP) is 6.57. The molecule has 0 bridgehead atoms. The molecule has 0 saturated carbocycles. The zero-order chi connectivity index (χ0) is 16.5. The summed E-state index contributed by atoms with van der Waals surface area (Å²) in [4.78, 5) is 0. The average molecular weight is 433 g/mol. The summed E-state index contributed by atoms with van der Waals surface area (Å²) in [6.45, 7) is 2.20. The maximum atomic E-state index is 9.83.